The van der Waals surface area contributed by atoms with Crippen molar-refractivity contribution in [2.45, 2.75) is 45.3 Å². The van der Waals surface area contributed by atoms with Crippen LogP contribution in [0.3, 0.4) is 0 Å². The summed E-state index contributed by atoms with van der Waals surface area (Å²) in [5.74, 6) is 0. The number of nitrogens with zero attached hydrogens (tertiary/aromatic N) is 3. The van der Waals surface area contributed by atoms with E-state index < -0.39 is 17.7 Å². The van der Waals surface area contributed by atoms with Crippen LogP contribution in [0.5, 0.6) is 0 Å². The number of carbonyl (C=O) groups excluding carboxylic acids is 2. The number of ether oxygens (including phenoxy) is 2. The molecule has 2 aliphatic heterocycles. The van der Waals surface area contributed by atoms with Crippen LogP contribution in [0.2, 0.25) is 0 Å². The molecule has 0 aromatic rings. The van der Waals surface area contributed by atoms with Crippen LogP contribution in [0.15, 0.2) is 0 Å². The highest BCUT2D eigenvalue weighted by Gasteiger charge is 2.57. The van der Waals surface area contributed by atoms with Gasteiger partial charge in [-0.2, -0.15) is 5.26 Å². The molecule has 0 N–H and O–H groups in total. The number of likely N-dealkylation sites (tertiary alicyclic amines) is 2. The molecule has 0 bridgehead atoms. The van der Waals surface area contributed by atoms with Crippen molar-refractivity contribution < 1.29 is 19.1 Å². The molecular formula is C15H23N3O4. The van der Waals surface area contributed by atoms with E-state index in [1.54, 1.807) is 25.7 Å². The standard InChI is InChI=1S/C15H23N3O4/c1-14(2,3)22-13(20)18-10-15(11(18)9-16)5-7-17(8-6-15)12(19)21-4/h11H,5-8,10H2,1-4H3. The number of hydrogen-bond donors (Lipinski definition) is 0. The maximum Gasteiger partial charge on any atom is 0.411 e. The van der Waals surface area contributed by atoms with Crippen LogP contribution in [0.1, 0.15) is 33.6 Å². The minimum absolute atomic E-state index is 0.226. The smallest absolute Gasteiger partial charge is 0.411 e. The van der Waals surface area contributed by atoms with Gasteiger partial charge in [-0.15, -0.1) is 0 Å². The summed E-state index contributed by atoms with van der Waals surface area (Å²) < 4.78 is 10.1. The van der Waals surface area contributed by atoms with Gasteiger partial charge in [0.1, 0.15) is 11.6 Å². The minimum atomic E-state index is -0.575. The fourth-order valence-corrected chi connectivity index (χ4v) is 3.13. The molecule has 1 spiro atoms. The number of methoxy groups -OCH3 is 1. The number of piperidine rings is 1. The number of rotatable bonds is 0. The Labute approximate surface area is 130 Å². The van der Waals surface area contributed by atoms with E-state index in [2.05, 4.69) is 6.07 Å². The van der Waals surface area contributed by atoms with Gasteiger partial charge in [0.15, 0.2) is 0 Å². The van der Waals surface area contributed by atoms with E-state index in [4.69, 9.17) is 9.47 Å². The highest BCUT2D eigenvalue weighted by Crippen LogP contribution is 2.46. The second-order valence-corrected chi connectivity index (χ2v) is 6.96. The van der Waals surface area contributed by atoms with Crippen LogP contribution in [0.4, 0.5) is 9.59 Å². The van der Waals surface area contributed by atoms with Crippen molar-refractivity contribution in [3.05, 3.63) is 0 Å². The number of amides is 2. The Bertz CT molecular complexity index is 498. The molecule has 2 rings (SSSR count). The van der Waals surface area contributed by atoms with Gasteiger partial charge in [0.05, 0.1) is 13.2 Å². The first-order valence-electron chi connectivity index (χ1n) is 7.44. The summed E-state index contributed by atoms with van der Waals surface area (Å²) in [7, 11) is 1.36. The van der Waals surface area contributed by atoms with Gasteiger partial charge in [-0.05, 0) is 33.6 Å². The maximum absolute atomic E-state index is 12.1. The molecule has 122 valence electrons. The van der Waals surface area contributed by atoms with E-state index in [1.165, 1.54) is 12.0 Å². The van der Waals surface area contributed by atoms with Gasteiger partial charge in [0, 0.05) is 25.0 Å². The average molecular weight is 309 g/mol. The van der Waals surface area contributed by atoms with Crippen molar-refractivity contribution in [3.63, 3.8) is 0 Å². The van der Waals surface area contributed by atoms with E-state index in [-0.39, 0.29) is 11.5 Å². The lowest BCUT2D eigenvalue weighted by Gasteiger charge is -2.56. The summed E-state index contributed by atoms with van der Waals surface area (Å²) >= 11 is 0. The van der Waals surface area contributed by atoms with Crippen LogP contribution >= 0.6 is 0 Å². The van der Waals surface area contributed by atoms with Gasteiger partial charge in [0.25, 0.3) is 0 Å². The molecule has 0 aromatic carbocycles. The van der Waals surface area contributed by atoms with Gasteiger partial charge in [-0.1, -0.05) is 0 Å². The average Bonchev–Trinajstić information content (AvgIpc) is 2.43. The molecule has 2 aliphatic rings. The molecule has 0 radical (unpaired) electrons. The molecule has 0 aliphatic carbocycles. The van der Waals surface area contributed by atoms with E-state index >= 15 is 0 Å². The van der Waals surface area contributed by atoms with E-state index in [0.29, 0.717) is 32.5 Å². The molecule has 7 heteroatoms. The Kier molecular flexibility index (Phi) is 4.23. The minimum Gasteiger partial charge on any atom is -0.453 e. The van der Waals surface area contributed by atoms with Crippen LogP contribution in [0.25, 0.3) is 0 Å². The van der Waals surface area contributed by atoms with Crippen LogP contribution in [-0.4, -0.2) is 60.4 Å². The van der Waals surface area contributed by atoms with Crippen molar-refractivity contribution in [3.8, 4) is 6.07 Å². The van der Waals surface area contributed by atoms with Crippen LogP contribution in [-0.2, 0) is 9.47 Å². The monoisotopic (exact) mass is 309 g/mol. The fraction of sp³-hybridized carbons (Fsp3) is 0.800. The number of hydrogen-bond acceptors (Lipinski definition) is 5. The lowest BCUT2D eigenvalue weighted by Crippen LogP contribution is -2.68. The van der Waals surface area contributed by atoms with Crippen molar-refractivity contribution >= 4 is 12.2 Å². The molecule has 1 unspecified atom stereocenters. The highest BCUT2D eigenvalue weighted by molar-refractivity contribution is 5.71. The zero-order chi connectivity index (χ0) is 16.5. The molecule has 22 heavy (non-hydrogen) atoms. The molecule has 7 nitrogen and oxygen atoms in total. The number of nitriles is 1. The summed E-state index contributed by atoms with van der Waals surface area (Å²) in [5, 5.41) is 9.44. The Morgan fingerprint density at radius 1 is 1.23 bits per heavy atom. The molecular weight excluding hydrogens is 286 g/mol. The predicted molar refractivity (Wildman–Crippen MR) is 78.0 cm³/mol. The quantitative estimate of drug-likeness (QED) is 0.683. The fourth-order valence-electron chi connectivity index (χ4n) is 3.13. The first-order chi connectivity index (χ1) is 10.2. The SMILES string of the molecule is COC(=O)N1CCC2(CC1)CN(C(=O)OC(C)(C)C)C2C#N. The van der Waals surface area contributed by atoms with Crippen molar-refractivity contribution in [1.29, 1.82) is 5.26 Å². The lowest BCUT2D eigenvalue weighted by atomic mass is 9.66. The Balaban J connectivity index is 1.98. The molecule has 0 aromatic heterocycles. The third-order valence-corrected chi connectivity index (χ3v) is 4.32. The molecule has 2 saturated heterocycles. The summed E-state index contributed by atoms with van der Waals surface area (Å²) in [6.45, 7) is 7.01. The van der Waals surface area contributed by atoms with Crippen molar-refractivity contribution in [1.82, 2.24) is 9.80 Å². The maximum atomic E-state index is 12.1. The van der Waals surface area contributed by atoms with E-state index in [1.807, 2.05) is 0 Å². The third-order valence-electron chi connectivity index (χ3n) is 4.32. The topological polar surface area (TPSA) is 82.9 Å². The van der Waals surface area contributed by atoms with E-state index in [9.17, 15) is 14.9 Å². The summed E-state index contributed by atoms with van der Waals surface area (Å²) in [4.78, 5) is 26.8. The third kappa shape index (κ3) is 2.96. The van der Waals surface area contributed by atoms with Crippen molar-refractivity contribution in [2.24, 2.45) is 5.41 Å². The second kappa shape index (κ2) is 5.67. The first-order valence-corrected chi connectivity index (χ1v) is 7.44. The van der Waals surface area contributed by atoms with E-state index in [0.717, 1.165) is 0 Å². The van der Waals surface area contributed by atoms with Gasteiger partial charge in [-0.3, -0.25) is 4.90 Å². The largest absolute Gasteiger partial charge is 0.453 e. The Morgan fingerprint density at radius 2 is 1.82 bits per heavy atom. The first kappa shape index (κ1) is 16.4. The lowest BCUT2D eigenvalue weighted by molar-refractivity contribution is -0.0839. The molecule has 0 saturated carbocycles. The van der Waals surface area contributed by atoms with Gasteiger partial charge in [0.2, 0.25) is 0 Å². The highest BCUT2D eigenvalue weighted by atomic mass is 16.6. The Morgan fingerprint density at radius 3 is 2.27 bits per heavy atom. The van der Waals surface area contributed by atoms with Crippen LogP contribution in [0, 0.1) is 16.7 Å². The Hall–Kier alpha value is -1.97. The molecule has 1 atom stereocenters. The molecule has 2 heterocycles. The van der Waals surface area contributed by atoms with Gasteiger partial charge in [-0.25, -0.2) is 9.59 Å². The molecule has 2 amide bonds. The zero-order valence-electron chi connectivity index (χ0n) is 13.6. The van der Waals surface area contributed by atoms with Crippen molar-refractivity contribution in [2.75, 3.05) is 26.7 Å². The summed E-state index contributed by atoms with van der Waals surface area (Å²) in [6.07, 6.45) is 0.603. The van der Waals surface area contributed by atoms with Gasteiger partial charge < -0.3 is 14.4 Å². The normalized spacial score (nSPS) is 23.5. The van der Waals surface area contributed by atoms with Crippen LogP contribution < -0.4 is 0 Å². The zero-order valence-corrected chi connectivity index (χ0v) is 13.6. The second-order valence-electron chi connectivity index (χ2n) is 6.96. The predicted octanol–water partition coefficient (Wildman–Crippen LogP) is 1.98. The number of carbonyl (C=O) groups is 2. The molecule has 2 fully saturated rings. The summed E-state index contributed by atoms with van der Waals surface area (Å²) in [5.41, 5.74) is -0.801. The van der Waals surface area contributed by atoms with Gasteiger partial charge >= 0.3 is 12.2 Å². The summed E-state index contributed by atoms with van der Waals surface area (Å²) in [6, 6.07) is 1.74.